The lowest BCUT2D eigenvalue weighted by atomic mass is 10.0. The molecular weight excluding hydrogens is 272 g/mol. The van der Waals surface area contributed by atoms with Gasteiger partial charge in [0.05, 0.1) is 18.4 Å². The third-order valence-electron chi connectivity index (χ3n) is 3.58. The summed E-state index contributed by atoms with van der Waals surface area (Å²) in [6.45, 7) is 2.98. The molecule has 1 fully saturated rings. The third kappa shape index (κ3) is 3.42. The van der Waals surface area contributed by atoms with Crippen LogP contribution in [0.25, 0.3) is 0 Å². The second-order valence-electron chi connectivity index (χ2n) is 5.05. The van der Waals surface area contributed by atoms with Crippen LogP contribution in [0.3, 0.4) is 0 Å². The van der Waals surface area contributed by atoms with E-state index in [9.17, 15) is 9.59 Å². The number of carbonyl (C=O) groups excluding carboxylic acids is 2. The van der Waals surface area contributed by atoms with Gasteiger partial charge in [-0.15, -0.1) is 0 Å². The number of rotatable bonds is 3. The van der Waals surface area contributed by atoms with Gasteiger partial charge >= 0.3 is 5.97 Å². The number of nitrogens with zero attached hydrogens (tertiary/aromatic N) is 2. The molecule has 1 amide bonds. The summed E-state index contributed by atoms with van der Waals surface area (Å²) in [7, 11) is 1.32. The van der Waals surface area contributed by atoms with Crippen molar-refractivity contribution < 1.29 is 14.3 Å². The van der Waals surface area contributed by atoms with E-state index in [2.05, 4.69) is 10.3 Å². The number of nitrogens with two attached hydrogens (primary N) is 1. The molecule has 0 saturated carbocycles. The molecule has 0 bridgehead atoms. The maximum Gasteiger partial charge on any atom is 0.340 e. The number of esters is 1. The van der Waals surface area contributed by atoms with E-state index in [1.807, 2.05) is 4.90 Å². The minimum atomic E-state index is -0.468. The number of pyridine rings is 1. The molecule has 21 heavy (non-hydrogen) atoms. The molecule has 1 aromatic heterocycles. The molecule has 114 valence electrons. The van der Waals surface area contributed by atoms with Gasteiger partial charge in [-0.05, 0) is 18.9 Å². The minimum Gasteiger partial charge on any atom is -0.465 e. The Kier molecular flexibility index (Phi) is 4.62. The predicted molar refractivity (Wildman–Crippen MR) is 79.0 cm³/mol. The van der Waals surface area contributed by atoms with Crippen molar-refractivity contribution in [2.75, 3.05) is 30.8 Å². The van der Waals surface area contributed by atoms with Crippen molar-refractivity contribution in [1.82, 2.24) is 10.3 Å². The number of amides is 1. The second kappa shape index (κ2) is 6.43. The van der Waals surface area contributed by atoms with Crippen molar-refractivity contribution in [1.29, 1.82) is 0 Å². The fourth-order valence-corrected chi connectivity index (χ4v) is 2.53. The number of hydrogen-bond acceptors (Lipinski definition) is 6. The molecule has 0 radical (unpaired) electrons. The quantitative estimate of drug-likeness (QED) is 0.790. The van der Waals surface area contributed by atoms with Gasteiger partial charge in [-0.3, -0.25) is 4.79 Å². The Morgan fingerprint density at radius 2 is 2.10 bits per heavy atom. The molecule has 1 aromatic rings. The van der Waals surface area contributed by atoms with Crippen molar-refractivity contribution in [3.05, 3.63) is 17.8 Å². The molecule has 0 spiro atoms. The van der Waals surface area contributed by atoms with Crippen LogP contribution in [-0.2, 0) is 9.53 Å². The molecule has 2 heterocycles. The van der Waals surface area contributed by atoms with E-state index in [0.717, 1.165) is 25.9 Å². The summed E-state index contributed by atoms with van der Waals surface area (Å²) in [4.78, 5) is 29.0. The monoisotopic (exact) mass is 292 g/mol. The first-order chi connectivity index (χ1) is 10.0. The van der Waals surface area contributed by atoms with Gasteiger partial charge in [-0.1, -0.05) is 0 Å². The molecule has 0 aromatic carbocycles. The Bertz CT molecular complexity index is 539. The summed E-state index contributed by atoms with van der Waals surface area (Å²) >= 11 is 0. The van der Waals surface area contributed by atoms with E-state index in [0.29, 0.717) is 17.1 Å². The van der Waals surface area contributed by atoms with Crippen LogP contribution in [0.1, 0.15) is 30.1 Å². The van der Waals surface area contributed by atoms with Gasteiger partial charge in [-0.25, -0.2) is 9.78 Å². The number of carbonyl (C=O) groups is 2. The van der Waals surface area contributed by atoms with E-state index in [1.165, 1.54) is 14.0 Å². The molecule has 2 rings (SSSR count). The molecule has 0 aliphatic carbocycles. The zero-order chi connectivity index (χ0) is 15.4. The normalized spacial score (nSPS) is 15.6. The van der Waals surface area contributed by atoms with Crippen molar-refractivity contribution in [2.24, 2.45) is 0 Å². The number of anilines is 2. The van der Waals surface area contributed by atoms with Gasteiger partial charge in [0.2, 0.25) is 5.91 Å². The molecular formula is C14H20N4O3. The van der Waals surface area contributed by atoms with Crippen LogP contribution in [0, 0.1) is 0 Å². The van der Waals surface area contributed by atoms with Crippen LogP contribution in [0.15, 0.2) is 12.3 Å². The first-order valence-electron chi connectivity index (χ1n) is 6.87. The van der Waals surface area contributed by atoms with Gasteiger partial charge in [-0.2, -0.15) is 0 Å². The largest absolute Gasteiger partial charge is 0.465 e. The summed E-state index contributed by atoms with van der Waals surface area (Å²) in [5.74, 6) is 0.113. The van der Waals surface area contributed by atoms with Gasteiger partial charge in [0.25, 0.3) is 0 Å². The number of methoxy groups -OCH3 is 1. The number of hydrogen-bond donors (Lipinski definition) is 2. The molecule has 1 saturated heterocycles. The van der Waals surface area contributed by atoms with Crippen LogP contribution in [0.2, 0.25) is 0 Å². The number of piperidine rings is 1. The van der Waals surface area contributed by atoms with E-state index in [4.69, 9.17) is 10.5 Å². The molecule has 0 unspecified atom stereocenters. The van der Waals surface area contributed by atoms with Crippen LogP contribution in [0.5, 0.6) is 0 Å². The Labute approximate surface area is 123 Å². The van der Waals surface area contributed by atoms with Crippen LogP contribution < -0.4 is 16.0 Å². The standard InChI is InChI=1S/C14H20N4O3/c1-9(19)17-10-4-7-18(8-5-10)13-12(15)11(3-6-16-13)14(20)21-2/h3,6,10H,4-5,7-8,15H2,1-2H3,(H,17,19). The predicted octanol–water partition coefficient (Wildman–Crippen LogP) is 0.555. The van der Waals surface area contributed by atoms with E-state index in [1.54, 1.807) is 12.3 Å². The van der Waals surface area contributed by atoms with E-state index in [-0.39, 0.29) is 11.9 Å². The highest BCUT2D eigenvalue weighted by molar-refractivity contribution is 5.97. The molecule has 1 aliphatic rings. The lowest BCUT2D eigenvalue weighted by molar-refractivity contribution is -0.119. The highest BCUT2D eigenvalue weighted by Gasteiger charge is 2.24. The maximum absolute atomic E-state index is 11.6. The molecule has 3 N–H and O–H groups in total. The highest BCUT2D eigenvalue weighted by atomic mass is 16.5. The van der Waals surface area contributed by atoms with E-state index < -0.39 is 5.97 Å². The van der Waals surface area contributed by atoms with E-state index >= 15 is 0 Å². The fourth-order valence-electron chi connectivity index (χ4n) is 2.53. The van der Waals surface area contributed by atoms with Crippen molar-refractivity contribution in [3.8, 4) is 0 Å². The smallest absolute Gasteiger partial charge is 0.340 e. The zero-order valence-corrected chi connectivity index (χ0v) is 12.3. The van der Waals surface area contributed by atoms with Gasteiger partial charge < -0.3 is 20.7 Å². The Balaban J connectivity index is 2.10. The zero-order valence-electron chi connectivity index (χ0n) is 12.3. The summed E-state index contributed by atoms with van der Waals surface area (Å²) in [5.41, 5.74) is 6.69. The topological polar surface area (TPSA) is 97.5 Å². The second-order valence-corrected chi connectivity index (χ2v) is 5.05. The number of nitrogens with one attached hydrogen (secondary N) is 1. The minimum absolute atomic E-state index is 0.0150. The third-order valence-corrected chi connectivity index (χ3v) is 3.58. The van der Waals surface area contributed by atoms with Crippen LogP contribution >= 0.6 is 0 Å². The van der Waals surface area contributed by atoms with Crippen molar-refractivity contribution >= 4 is 23.4 Å². The van der Waals surface area contributed by atoms with Crippen molar-refractivity contribution in [3.63, 3.8) is 0 Å². The van der Waals surface area contributed by atoms with Crippen LogP contribution in [-0.4, -0.2) is 43.1 Å². The lowest BCUT2D eigenvalue weighted by Crippen LogP contribution is -2.44. The highest BCUT2D eigenvalue weighted by Crippen LogP contribution is 2.27. The van der Waals surface area contributed by atoms with Gasteiger partial charge in [0, 0.05) is 32.3 Å². The summed E-state index contributed by atoms with van der Waals surface area (Å²) in [5, 5.41) is 2.92. The Morgan fingerprint density at radius 1 is 1.43 bits per heavy atom. The SMILES string of the molecule is COC(=O)c1ccnc(N2CCC(NC(C)=O)CC2)c1N. The fraction of sp³-hybridized carbons (Fsp3) is 0.500. The maximum atomic E-state index is 11.6. The lowest BCUT2D eigenvalue weighted by Gasteiger charge is -2.33. The number of aromatic nitrogens is 1. The molecule has 0 atom stereocenters. The molecule has 7 nitrogen and oxygen atoms in total. The Hall–Kier alpha value is -2.31. The molecule has 1 aliphatic heterocycles. The van der Waals surface area contributed by atoms with Gasteiger partial charge in [0.15, 0.2) is 5.82 Å². The number of nitrogen functional groups attached to an aromatic ring is 1. The summed E-state index contributed by atoms with van der Waals surface area (Å²) < 4.78 is 4.71. The van der Waals surface area contributed by atoms with Crippen molar-refractivity contribution in [2.45, 2.75) is 25.8 Å². The summed E-state index contributed by atoms with van der Waals surface area (Å²) in [6.07, 6.45) is 3.20. The first-order valence-corrected chi connectivity index (χ1v) is 6.87. The number of ether oxygens (including phenoxy) is 1. The first kappa shape index (κ1) is 15.1. The van der Waals surface area contributed by atoms with Crippen LogP contribution in [0.4, 0.5) is 11.5 Å². The molecule has 7 heteroatoms. The average Bonchev–Trinajstić information content (AvgIpc) is 2.47. The summed E-state index contributed by atoms with van der Waals surface area (Å²) in [6, 6.07) is 1.73. The average molecular weight is 292 g/mol. The van der Waals surface area contributed by atoms with Gasteiger partial charge in [0.1, 0.15) is 0 Å². The Morgan fingerprint density at radius 3 is 2.67 bits per heavy atom.